The number of amides is 1. The minimum Gasteiger partial charge on any atom is -0.481 e. The molecule has 2 fully saturated rings. The molecule has 2 unspecified atom stereocenters. The number of aromatic nitrogens is 2. The number of halogens is 2. The van der Waals surface area contributed by atoms with Crippen molar-refractivity contribution >= 4 is 47.1 Å². The summed E-state index contributed by atoms with van der Waals surface area (Å²) in [5.74, 6) is 0.954. The van der Waals surface area contributed by atoms with E-state index in [0.29, 0.717) is 35.5 Å². The molecule has 2 aliphatic rings. The first kappa shape index (κ1) is 43.2. The second-order valence-electron chi connectivity index (χ2n) is 15.3. The Morgan fingerprint density at radius 1 is 0.627 bits per heavy atom. The third-order valence-corrected chi connectivity index (χ3v) is 11.6. The van der Waals surface area contributed by atoms with E-state index in [0.717, 1.165) is 58.7 Å². The maximum Gasteiger partial charge on any atom is 0.311 e. The van der Waals surface area contributed by atoms with Crippen LogP contribution in [0.4, 0.5) is 12.0 Å². The molecule has 6 aromatic rings. The quantitative estimate of drug-likeness (QED) is 0.117. The molecule has 2 atom stereocenters. The van der Waals surface area contributed by atoms with Crippen LogP contribution >= 0.6 is 23.2 Å². The standard InChI is InChI=1S/C24H25ClN2O2.C14H18O2.C10H9ClN2O/c25-20-13-11-17(12-14-20)15-21-16-26-24(29-21)27-23(28)22(18-7-3-1-4-8-18)19-9-5-2-6-10-19;15-14(16)13(11-7-3-1-4-8-11)12-9-5-2-6-10-12;11-8-3-1-7(2-4-8)5-9-6-13-10(12)14-9/h1,3-4,7-8,11-14,16,19,22H,2,5-6,9-10,15H2,(H,26,27,28);1,3-4,7-8,12-13H,2,5-6,9-10H2,(H,15,16);1-4,6H,5H2,(H2,12,13). The number of nitrogens with two attached hydrogens (primary N) is 1. The highest BCUT2D eigenvalue weighted by Gasteiger charge is 2.32. The molecule has 0 radical (unpaired) electrons. The minimum absolute atomic E-state index is 0.0389. The normalized spacial score (nSPS) is 15.4. The zero-order chi connectivity index (χ0) is 41.4. The summed E-state index contributed by atoms with van der Waals surface area (Å²) in [5.41, 5.74) is 9.57. The lowest BCUT2D eigenvalue weighted by Gasteiger charge is -2.29. The summed E-state index contributed by atoms with van der Waals surface area (Å²) >= 11 is 11.7. The Bertz CT molecular complexity index is 2160. The predicted molar refractivity (Wildman–Crippen MR) is 234 cm³/mol. The van der Waals surface area contributed by atoms with Gasteiger partial charge in [0.15, 0.2) is 0 Å². The number of hydrogen-bond acceptors (Lipinski definition) is 7. The van der Waals surface area contributed by atoms with Gasteiger partial charge < -0.3 is 19.7 Å². The highest BCUT2D eigenvalue weighted by molar-refractivity contribution is 6.30. The van der Waals surface area contributed by atoms with Crippen LogP contribution in [0.2, 0.25) is 10.0 Å². The van der Waals surface area contributed by atoms with E-state index < -0.39 is 5.97 Å². The van der Waals surface area contributed by atoms with E-state index in [-0.39, 0.29) is 29.8 Å². The van der Waals surface area contributed by atoms with E-state index in [4.69, 9.17) is 37.8 Å². The number of nitrogens with zero attached hydrogens (tertiary/aromatic N) is 2. The van der Waals surface area contributed by atoms with Crippen molar-refractivity contribution in [1.29, 1.82) is 0 Å². The van der Waals surface area contributed by atoms with Crippen LogP contribution in [0.3, 0.4) is 0 Å². The van der Waals surface area contributed by atoms with Crippen LogP contribution < -0.4 is 11.1 Å². The van der Waals surface area contributed by atoms with Crippen LogP contribution in [-0.2, 0) is 22.4 Å². The molecule has 59 heavy (non-hydrogen) atoms. The highest BCUT2D eigenvalue weighted by atomic mass is 35.5. The summed E-state index contributed by atoms with van der Waals surface area (Å²) in [5, 5.41) is 13.7. The third kappa shape index (κ3) is 13.3. The van der Waals surface area contributed by atoms with Crippen molar-refractivity contribution in [3.05, 3.63) is 165 Å². The van der Waals surface area contributed by atoms with Gasteiger partial charge in [-0.2, -0.15) is 0 Å². The number of carbonyl (C=O) groups is 2. The maximum atomic E-state index is 13.2. The van der Waals surface area contributed by atoms with Gasteiger partial charge in [0.25, 0.3) is 6.01 Å². The van der Waals surface area contributed by atoms with Gasteiger partial charge in [-0.05, 0) is 84.0 Å². The molecule has 1 amide bonds. The smallest absolute Gasteiger partial charge is 0.311 e. The van der Waals surface area contributed by atoms with E-state index in [1.807, 2.05) is 109 Å². The minimum atomic E-state index is -0.668. The molecule has 9 nitrogen and oxygen atoms in total. The van der Waals surface area contributed by atoms with Gasteiger partial charge in [0.2, 0.25) is 5.91 Å². The number of aliphatic carboxylic acids is 1. The second-order valence-corrected chi connectivity index (χ2v) is 16.2. The molecule has 4 N–H and O–H groups in total. The molecule has 4 aromatic carbocycles. The molecule has 0 bridgehead atoms. The Labute approximate surface area is 356 Å². The van der Waals surface area contributed by atoms with E-state index in [1.54, 1.807) is 12.4 Å². The summed E-state index contributed by atoms with van der Waals surface area (Å²) in [6, 6.07) is 35.4. The first-order chi connectivity index (χ1) is 28.7. The molecule has 0 aliphatic heterocycles. The summed E-state index contributed by atoms with van der Waals surface area (Å²) in [7, 11) is 0. The Hall–Kier alpha value is -5.38. The topological polar surface area (TPSA) is 144 Å². The molecule has 2 aromatic heterocycles. The van der Waals surface area contributed by atoms with Crippen molar-refractivity contribution in [2.75, 3.05) is 11.1 Å². The Morgan fingerprint density at radius 3 is 1.53 bits per heavy atom. The monoisotopic (exact) mass is 834 g/mol. The fourth-order valence-corrected chi connectivity index (χ4v) is 8.40. The first-order valence-electron chi connectivity index (χ1n) is 20.5. The summed E-state index contributed by atoms with van der Waals surface area (Å²) < 4.78 is 10.9. The average Bonchev–Trinajstić information content (AvgIpc) is 3.89. The highest BCUT2D eigenvalue weighted by Crippen LogP contribution is 2.38. The number of oxazole rings is 2. The zero-order valence-corrected chi connectivity index (χ0v) is 34.7. The van der Waals surface area contributed by atoms with Gasteiger partial charge in [0, 0.05) is 22.9 Å². The Morgan fingerprint density at radius 2 is 1.07 bits per heavy atom. The molecule has 2 aliphatic carbocycles. The lowest BCUT2D eigenvalue weighted by atomic mass is 9.76. The molecule has 0 spiro atoms. The number of nitrogens with one attached hydrogen (secondary N) is 1. The summed E-state index contributed by atoms with van der Waals surface area (Å²) in [4.78, 5) is 32.7. The van der Waals surface area contributed by atoms with Crippen LogP contribution in [0.5, 0.6) is 0 Å². The zero-order valence-electron chi connectivity index (χ0n) is 33.1. The molecule has 2 saturated carbocycles. The summed E-state index contributed by atoms with van der Waals surface area (Å²) in [6.45, 7) is 0. The molecular weight excluding hydrogens is 783 g/mol. The van der Waals surface area contributed by atoms with E-state index in [9.17, 15) is 14.7 Å². The predicted octanol–water partition coefficient (Wildman–Crippen LogP) is 12.2. The maximum absolute atomic E-state index is 13.2. The number of carboxylic acid groups (broad SMARTS) is 1. The van der Waals surface area contributed by atoms with Gasteiger partial charge in [-0.25, -0.2) is 9.97 Å². The number of nitrogen functional groups attached to an aromatic ring is 1. The average molecular weight is 836 g/mol. The number of carbonyl (C=O) groups excluding carboxylic acids is 1. The number of carboxylic acids is 1. The van der Waals surface area contributed by atoms with E-state index in [1.165, 1.54) is 38.5 Å². The lowest BCUT2D eigenvalue weighted by molar-refractivity contribution is -0.140. The lowest BCUT2D eigenvalue weighted by Crippen LogP contribution is -2.29. The van der Waals surface area contributed by atoms with Crippen molar-refractivity contribution in [3.63, 3.8) is 0 Å². The molecule has 0 saturated heterocycles. The third-order valence-electron chi connectivity index (χ3n) is 11.0. The van der Waals surface area contributed by atoms with Crippen LogP contribution in [0.1, 0.15) is 110 Å². The fourth-order valence-electron chi connectivity index (χ4n) is 8.15. The second kappa shape index (κ2) is 22.1. The van der Waals surface area contributed by atoms with Gasteiger partial charge in [0.05, 0.1) is 24.2 Å². The van der Waals surface area contributed by atoms with Gasteiger partial charge in [-0.3, -0.25) is 14.9 Å². The van der Waals surface area contributed by atoms with Gasteiger partial charge in [-0.1, -0.05) is 147 Å². The van der Waals surface area contributed by atoms with Gasteiger partial charge in [-0.15, -0.1) is 0 Å². The Kier molecular flexibility index (Phi) is 16.2. The van der Waals surface area contributed by atoms with Crippen LogP contribution in [0.15, 0.2) is 130 Å². The van der Waals surface area contributed by atoms with E-state index >= 15 is 0 Å². The molecule has 8 rings (SSSR count). The van der Waals surface area contributed by atoms with Crippen LogP contribution in [0.25, 0.3) is 0 Å². The van der Waals surface area contributed by atoms with E-state index in [2.05, 4.69) is 15.3 Å². The van der Waals surface area contributed by atoms with Crippen LogP contribution in [0, 0.1) is 11.8 Å². The fraction of sp³-hybridized carbons (Fsp3) is 0.333. The van der Waals surface area contributed by atoms with Gasteiger partial charge in [0.1, 0.15) is 11.5 Å². The number of benzene rings is 4. The van der Waals surface area contributed by atoms with Crippen molar-refractivity contribution in [2.45, 2.75) is 88.9 Å². The largest absolute Gasteiger partial charge is 0.481 e. The molecule has 2 heterocycles. The number of anilines is 2. The van der Waals surface area contributed by atoms with Crippen molar-refractivity contribution in [3.8, 4) is 0 Å². The molecular formula is C48H52Cl2N4O5. The Balaban J connectivity index is 0.000000164. The van der Waals surface area contributed by atoms with Crippen molar-refractivity contribution in [2.24, 2.45) is 11.8 Å². The molecule has 308 valence electrons. The van der Waals surface area contributed by atoms with Crippen molar-refractivity contribution in [1.82, 2.24) is 9.97 Å². The van der Waals surface area contributed by atoms with Crippen LogP contribution in [-0.4, -0.2) is 27.0 Å². The SMILES string of the molecule is Nc1ncc(Cc2ccc(Cl)cc2)o1.O=C(Nc1ncc(Cc2ccc(Cl)cc2)o1)C(c1ccccc1)C1CCCCC1.O=C(O)C(c1ccccc1)C1CCCCC1. The van der Waals surface area contributed by atoms with Gasteiger partial charge >= 0.3 is 12.0 Å². The molecule has 11 heteroatoms. The summed E-state index contributed by atoms with van der Waals surface area (Å²) in [6.07, 6.45) is 16.1. The first-order valence-corrected chi connectivity index (χ1v) is 21.2. The number of rotatable bonds is 11. The number of hydrogen-bond donors (Lipinski definition) is 3. The van der Waals surface area contributed by atoms with Crippen molar-refractivity contribution < 1.29 is 23.5 Å².